The van der Waals surface area contributed by atoms with Crippen molar-refractivity contribution in [2.24, 2.45) is 0 Å². The zero-order valence-electron chi connectivity index (χ0n) is 10.8. The molecule has 0 aliphatic carbocycles. The van der Waals surface area contributed by atoms with Gasteiger partial charge in [0.1, 0.15) is 12.4 Å². The van der Waals surface area contributed by atoms with Gasteiger partial charge in [0.05, 0.1) is 10.5 Å². The van der Waals surface area contributed by atoms with Gasteiger partial charge >= 0.3 is 0 Å². The van der Waals surface area contributed by atoms with Gasteiger partial charge < -0.3 is 10.1 Å². The maximum atomic E-state index is 10.9. The van der Waals surface area contributed by atoms with E-state index in [4.69, 9.17) is 16.3 Å². The highest BCUT2D eigenvalue weighted by atomic mass is 35.5. The van der Waals surface area contributed by atoms with Crippen LogP contribution >= 0.6 is 11.6 Å². The van der Waals surface area contributed by atoms with Gasteiger partial charge in [-0.25, -0.2) is 0 Å². The molecule has 0 unspecified atom stereocenters. The van der Waals surface area contributed by atoms with E-state index in [0.717, 1.165) is 5.69 Å². The number of nitro groups is 1. The Morgan fingerprint density at radius 1 is 1.25 bits per heavy atom. The predicted octanol–water partition coefficient (Wildman–Crippen LogP) is 3.87. The first-order valence-electron chi connectivity index (χ1n) is 5.93. The van der Waals surface area contributed by atoms with E-state index in [2.05, 4.69) is 5.32 Å². The van der Waals surface area contributed by atoms with Gasteiger partial charge in [-0.05, 0) is 36.4 Å². The third-order valence-electron chi connectivity index (χ3n) is 2.78. The van der Waals surface area contributed by atoms with Gasteiger partial charge in [-0.2, -0.15) is 0 Å². The molecule has 0 aliphatic heterocycles. The van der Waals surface area contributed by atoms with Crippen LogP contribution in [-0.4, -0.2) is 12.0 Å². The lowest BCUT2D eigenvalue weighted by molar-refractivity contribution is -0.385. The van der Waals surface area contributed by atoms with Gasteiger partial charge in [-0.15, -0.1) is 0 Å². The molecule has 2 rings (SSSR count). The number of anilines is 1. The summed E-state index contributed by atoms with van der Waals surface area (Å²) in [6.07, 6.45) is 0. The van der Waals surface area contributed by atoms with Crippen LogP contribution in [0.25, 0.3) is 0 Å². The third kappa shape index (κ3) is 3.39. The van der Waals surface area contributed by atoms with Crippen molar-refractivity contribution >= 4 is 23.0 Å². The molecule has 5 nitrogen and oxygen atoms in total. The number of hydrogen-bond acceptors (Lipinski definition) is 4. The van der Waals surface area contributed by atoms with Gasteiger partial charge in [0.2, 0.25) is 0 Å². The first-order valence-corrected chi connectivity index (χ1v) is 6.31. The predicted molar refractivity (Wildman–Crippen MR) is 78.4 cm³/mol. The van der Waals surface area contributed by atoms with Gasteiger partial charge in [0.25, 0.3) is 5.69 Å². The molecule has 1 N–H and O–H groups in total. The quantitative estimate of drug-likeness (QED) is 0.671. The number of benzene rings is 2. The van der Waals surface area contributed by atoms with Crippen LogP contribution < -0.4 is 10.1 Å². The molecule has 0 amide bonds. The van der Waals surface area contributed by atoms with Crippen molar-refractivity contribution in [3.05, 3.63) is 63.2 Å². The number of nitro benzene ring substituents is 1. The normalized spacial score (nSPS) is 10.1. The van der Waals surface area contributed by atoms with Crippen molar-refractivity contribution in [1.29, 1.82) is 0 Å². The topological polar surface area (TPSA) is 64.4 Å². The average Bonchev–Trinajstić information content (AvgIpc) is 2.45. The van der Waals surface area contributed by atoms with Gasteiger partial charge in [0, 0.05) is 23.8 Å². The molecule has 0 aromatic heterocycles. The molecule has 104 valence electrons. The van der Waals surface area contributed by atoms with Crippen molar-refractivity contribution in [2.45, 2.75) is 6.61 Å². The van der Waals surface area contributed by atoms with Crippen LogP contribution in [0.4, 0.5) is 11.4 Å². The summed E-state index contributed by atoms with van der Waals surface area (Å²) in [5.41, 5.74) is 1.41. The molecule has 2 aromatic rings. The van der Waals surface area contributed by atoms with Crippen LogP contribution in [0, 0.1) is 10.1 Å². The van der Waals surface area contributed by atoms with E-state index in [0.29, 0.717) is 16.3 Å². The molecule has 6 heteroatoms. The largest absolute Gasteiger partial charge is 0.489 e. The smallest absolute Gasteiger partial charge is 0.276 e. The fourth-order valence-electron chi connectivity index (χ4n) is 1.73. The summed E-state index contributed by atoms with van der Waals surface area (Å²) in [4.78, 5) is 10.5. The summed E-state index contributed by atoms with van der Waals surface area (Å²) in [7, 11) is 1.82. The highest BCUT2D eigenvalue weighted by Crippen LogP contribution is 2.24. The molecular formula is C14H13ClN2O3. The fraction of sp³-hybridized carbons (Fsp3) is 0.143. The molecule has 0 spiro atoms. The minimum atomic E-state index is -0.445. The summed E-state index contributed by atoms with van der Waals surface area (Å²) in [6, 6.07) is 11.7. The second-order valence-corrected chi connectivity index (χ2v) is 4.53. The Balaban J connectivity index is 2.13. The van der Waals surface area contributed by atoms with E-state index in [9.17, 15) is 10.1 Å². The molecule has 20 heavy (non-hydrogen) atoms. The van der Waals surface area contributed by atoms with Gasteiger partial charge in [-0.1, -0.05) is 11.6 Å². The average molecular weight is 293 g/mol. The minimum Gasteiger partial charge on any atom is -0.489 e. The van der Waals surface area contributed by atoms with E-state index in [1.165, 1.54) is 12.1 Å². The van der Waals surface area contributed by atoms with Crippen LogP contribution in [0.3, 0.4) is 0 Å². The Kier molecular flexibility index (Phi) is 4.42. The molecule has 0 bridgehead atoms. The Morgan fingerprint density at radius 3 is 2.55 bits per heavy atom. The molecular weight excluding hydrogens is 280 g/mol. The summed E-state index contributed by atoms with van der Waals surface area (Å²) in [5.74, 6) is 0.637. The Morgan fingerprint density at radius 2 is 1.95 bits per heavy atom. The summed E-state index contributed by atoms with van der Waals surface area (Å²) >= 11 is 5.86. The molecule has 0 atom stereocenters. The molecule has 0 radical (unpaired) electrons. The second kappa shape index (κ2) is 6.25. The van der Waals surface area contributed by atoms with Crippen molar-refractivity contribution in [3.8, 4) is 5.75 Å². The third-order valence-corrected chi connectivity index (χ3v) is 3.01. The van der Waals surface area contributed by atoms with Gasteiger partial charge in [0.15, 0.2) is 0 Å². The van der Waals surface area contributed by atoms with Crippen LogP contribution in [-0.2, 0) is 6.61 Å². The maximum absolute atomic E-state index is 10.9. The first-order chi connectivity index (χ1) is 9.60. The van der Waals surface area contributed by atoms with E-state index in [1.807, 2.05) is 19.2 Å². The van der Waals surface area contributed by atoms with Crippen molar-refractivity contribution in [3.63, 3.8) is 0 Å². The lowest BCUT2D eigenvalue weighted by atomic mass is 10.2. The molecule has 0 heterocycles. The maximum Gasteiger partial charge on any atom is 0.276 e. The number of nitrogens with zero attached hydrogens (tertiary/aromatic N) is 1. The Hall–Kier alpha value is -2.27. The first kappa shape index (κ1) is 14.1. The summed E-state index contributed by atoms with van der Waals surface area (Å²) in [6.45, 7) is 0.0930. The molecule has 0 aliphatic rings. The highest BCUT2D eigenvalue weighted by Gasteiger charge is 2.14. The molecule has 2 aromatic carbocycles. The van der Waals surface area contributed by atoms with Crippen molar-refractivity contribution in [2.75, 3.05) is 12.4 Å². The lowest BCUT2D eigenvalue weighted by Crippen LogP contribution is -2.00. The van der Waals surface area contributed by atoms with Crippen LogP contribution in [0.2, 0.25) is 5.02 Å². The number of ether oxygens (including phenoxy) is 1. The SMILES string of the molecule is CNc1ccc(OCc2cc(Cl)ccc2[N+](=O)[O-])cc1. The van der Waals surface area contributed by atoms with E-state index >= 15 is 0 Å². The van der Waals surface area contributed by atoms with Crippen LogP contribution in [0.1, 0.15) is 5.56 Å². The van der Waals surface area contributed by atoms with E-state index in [-0.39, 0.29) is 12.3 Å². The van der Waals surface area contributed by atoms with E-state index in [1.54, 1.807) is 18.2 Å². The second-order valence-electron chi connectivity index (χ2n) is 4.09. The number of rotatable bonds is 5. The van der Waals surface area contributed by atoms with Crippen molar-refractivity contribution in [1.82, 2.24) is 0 Å². The summed E-state index contributed by atoms with van der Waals surface area (Å²) in [5, 5.41) is 14.4. The van der Waals surface area contributed by atoms with Crippen LogP contribution in [0.15, 0.2) is 42.5 Å². The highest BCUT2D eigenvalue weighted by molar-refractivity contribution is 6.30. The zero-order valence-corrected chi connectivity index (χ0v) is 11.6. The summed E-state index contributed by atoms with van der Waals surface area (Å²) < 4.78 is 5.55. The Labute approximate surface area is 121 Å². The van der Waals surface area contributed by atoms with E-state index < -0.39 is 4.92 Å². The zero-order chi connectivity index (χ0) is 14.5. The fourth-order valence-corrected chi connectivity index (χ4v) is 1.92. The molecule has 0 saturated heterocycles. The lowest BCUT2D eigenvalue weighted by Gasteiger charge is -2.08. The minimum absolute atomic E-state index is 0.00115. The standard InChI is InChI=1S/C14H13ClN2O3/c1-16-12-3-5-13(6-4-12)20-9-10-8-11(15)2-7-14(10)17(18)19/h2-8,16H,9H2,1H3. The Bertz CT molecular complexity index is 614. The van der Waals surface area contributed by atoms with Gasteiger partial charge in [-0.3, -0.25) is 10.1 Å². The molecule has 0 saturated carbocycles. The van der Waals surface area contributed by atoms with Crippen LogP contribution in [0.5, 0.6) is 5.75 Å². The number of halogens is 1. The molecule has 0 fully saturated rings. The monoisotopic (exact) mass is 292 g/mol. The number of nitrogens with one attached hydrogen (secondary N) is 1. The van der Waals surface area contributed by atoms with Crippen molar-refractivity contribution < 1.29 is 9.66 Å². The number of hydrogen-bond donors (Lipinski definition) is 1.